The Bertz CT molecular complexity index is 975. The predicted octanol–water partition coefficient (Wildman–Crippen LogP) is 3.91. The van der Waals surface area contributed by atoms with E-state index in [-0.39, 0.29) is 0 Å². The van der Waals surface area contributed by atoms with E-state index in [2.05, 4.69) is 40.0 Å². The zero-order valence-corrected chi connectivity index (χ0v) is 15.2. The lowest BCUT2D eigenvalue weighted by Crippen LogP contribution is -2.38. The predicted molar refractivity (Wildman–Crippen MR) is 102 cm³/mol. The maximum atomic E-state index is 9.34. The number of hydrogen-bond acceptors (Lipinski definition) is 5. The molecule has 1 saturated heterocycles. The number of aromatic amines is 1. The number of nitrogens with one attached hydrogen (secondary N) is 1. The van der Waals surface area contributed by atoms with Gasteiger partial charge in [-0.3, -0.25) is 5.10 Å². The van der Waals surface area contributed by atoms with Crippen molar-refractivity contribution in [2.45, 2.75) is 33.1 Å². The topological polar surface area (TPSA) is 81.5 Å². The summed E-state index contributed by atoms with van der Waals surface area (Å²) in [6, 6.07) is 9.67. The fourth-order valence-corrected chi connectivity index (χ4v) is 3.55. The maximum absolute atomic E-state index is 9.34. The molecule has 1 aliphatic rings. The molecule has 6 nitrogen and oxygen atoms in total. The smallest absolute Gasteiger partial charge is 0.202 e. The Hall–Kier alpha value is -2.94. The van der Waals surface area contributed by atoms with Crippen LogP contribution < -0.4 is 4.90 Å². The summed E-state index contributed by atoms with van der Waals surface area (Å²) in [7, 11) is 0. The average Bonchev–Trinajstić information content (AvgIpc) is 3.11. The summed E-state index contributed by atoms with van der Waals surface area (Å²) in [5.74, 6) is 0.877. The van der Waals surface area contributed by atoms with Crippen molar-refractivity contribution >= 4 is 17.0 Å². The van der Waals surface area contributed by atoms with Gasteiger partial charge in [0.1, 0.15) is 11.3 Å². The van der Waals surface area contributed by atoms with Crippen LogP contribution in [0.1, 0.15) is 38.7 Å². The van der Waals surface area contributed by atoms with Crippen LogP contribution in [0.15, 0.2) is 30.5 Å². The molecule has 6 heteroatoms. The van der Waals surface area contributed by atoms with E-state index in [1.54, 1.807) is 6.07 Å². The molecule has 1 fully saturated rings. The summed E-state index contributed by atoms with van der Waals surface area (Å²) < 4.78 is 0. The quantitative estimate of drug-likeness (QED) is 0.777. The lowest BCUT2D eigenvalue weighted by molar-refractivity contribution is 0.238. The lowest BCUT2D eigenvalue weighted by atomic mass is 9.78. The number of nitrogens with zero attached hydrogens (tertiary/aromatic N) is 5. The summed E-state index contributed by atoms with van der Waals surface area (Å²) in [4.78, 5) is 11.6. The zero-order valence-electron chi connectivity index (χ0n) is 15.2. The van der Waals surface area contributed by atoms with Crippen molar-refractivity contribution in [3.05, 3.63) is 36.0 Å². The Morgan fingerprint density at radius 1 is 1.27 bits per heavy atom. The molecule has 0 bridgehead atoms. The lowest BCUT2D eigenvalue weighted by Gasteiger charge is -2.39. The maximum Gasteiger partial charge on any atom is 0.202 e. The van der Waals surface area contributed by atoms with Crippen molar-refractivity contribution in [3.8, 4) is 17.3 Å². The van der Waals surface area contributed by atoms with E-state index >= 15 is 0 Å². The number of fused-ring (bicyclic) bond motifs is 1. The highest BCUT2D eigenvalue weighted by molar-refractivity contribution is 5.89. The molecule has 1 aromatic carbocycles. The van der Waals surface area contributed by atoms with Crippen molar-refractivity contribution in [3.63, 3.8) is 0 Å². The summed E-state index contributed by atoms with van der Waals surface area (Å²) >= 11 is 0. The molecule has 0 aliphatic carbocycles. The Balaban J connectivity index is 1.66. The molecule has 26 heavy (non-hydrogen) atoms. The SMILES string of the molecule is CCC1(C)CCN(c2cnc3c(-c4ccccc4C#N)[nH]nc3n2)CC1. The number of H-pyrrole nitrogens is 1. The van der Waals surface area contributed by atoms with Crippen LogP contribution in [0, 0.1) is 16.7 Å². The number of anilines is 1. The zero-order chi connectivity index (χ0) is 18.1. The minimum Gasteiger partial charge on any atom is -0.355 e. The summed E-state index contributed by atoms with van der Waals surface area (Å²) in [5.41, 5.74) is 3.87. The molecule has 0 spiro atoms. The highest BCUT2D eigenvalue weighted by atomic mass is 15.2. The van der Waals surface area contributed by atoms with Gasteiger partial charge in [-0.2, -0.15) is 10.4 Å². The fourth-order valence-electron chi connectivity index (χ4n) is 3.55. The normalized spacial score (nSPS) is 16.6. The molecular weight excluding hydrogens is 324 g/mol. The molecule has 1 aliphatic heterocycles. The Morgan fingerprint density at radius 2 is 2.04 bits per heavy atom. The van der Waals surface area contributed by atoms with E-state index in [1.165, 1.54) is 19.3 Å². The van der Waals surface area contributed by atoms with Crippen LogP contribution in [0.5, 0.6) is 0 Å². The van der Waals surface area contributed by atoms with Crippen molar-refractivity contribution in [2.75, 3.05) is 18.0 Å². The monoisotopic (exact) mass is 346 g/mol. The molecule has 0 radical (unpaired) electrons. The highest BCUT2D eigenvalue weighted by Gasteiger charge is 2.29. The number of aromatic nitrogens is 4. The third-order valence-electron chi connectivity index (χ3n) is 5.72. The van der Waals surface area contributed by atoms with Crippen molar-refractivity contribution in [1.82, 2.24) is 20.2 Å². The Morgan fingerprint density at radius 3 is 2.77 bits per heavy atom. The number of piperidine rings is 1. The van der Waals surface area contributed by atoms with Gasteiger partial charge in [0.05, 0.1) is 23.5 Å². The van der Waals surface area contributed by atoms with Crippen LogP contribution >= 0.6 is 0 Å². The number of hydrogen-bond donors (Lipinski definition) is 1. The molecule has 3 heterocycles. The molecule has 0 amide bonds. The van der Waals surface area contributed by atoms with E-state index in [0.29, 0.717) is 22.1 Å². The molecule has 0 atom stereocenters. The summed E-state index contributed by atoms with van der Waals surface area (Å²) in [6.07, 6.45) is 5.38. The minimum atomic E-state index is 0.439. The number of rotatable bonds is 3. The van der Waals surface area contributed by atoms with Gasteiger partial charge in [-0.25, -0.2) is 9.97 Å². The van der Waals surface area contributed by atoms with Crippen LogP contribution in [-0.4, -0.2) is 33.3 Å². The van der Waals surface area contributed by atoms with Crippen molar-refractivity contribution in [2.24, 2.45) is 5.41 Å². The summed E-state index contributed by atoms with van der Waals surface area (Å²) in [6.45, 7) is 6.63. The Labute approximate surface area is 152 Å². The van der Waals surface area contributed by atoms with Crippen LogP contribution in [0.4, 0.5) is 5.82 Å². The average molecular weight is 346 g/mol. The van der Waals surface area contributed by atoms with Gasteiger partial charge in [0.15, 0.2) is 0 Å². The van der Waals surface area contributed by atoms with Crippen LogP contribution in [0.25, 0.3) is 22.4 Å². The molecular formula is C20H22N6. The van der Waals surface area contributed by atoms with E-state index < -0.39 is 0 Å². The van der Waals surface area contributed by atoms with Crippen molar-refractivity contribution in [1.29, 1.82) is 5.26 Å². The first-order valence-corrected chi connectivity index (χ1v) is 9.09. The van der Waals surface area contributed by atoms with Crippen LogP contribution in [-0.2, 0) is 0 Å². The second kappa shape index (κ2) is 6.41. The molecule has 4 rings (SSSR count). The highest BCUT2D eigenvalue weighted by Crippen LogP contribution is 2.35. The van der Waals surface area contributed by atoms with Crippen LogP contribution in [0.2, 0.25) is 0 Å². The second-order valence-electron chi connectivity index (χ2n) is 7.31. The van der Waals surface area contributed by atoms with E-state index in [9.17, 15) is 5.26 Å². The van der Waals surface area contributed by atoms with Gasteiger partial charge in [0.2, 0.25) is 5.65 Å². The van der Waals surface area contributed by atoms with Gasteiger partial charge in [0, 0.05) is 18.7 Å². The van der Waals surface area contributed by atoms with E-state index in [0.717, 1.165) is 30.2 Å². The molecule has 1 N–H and O–H groups in total. The van der Waals surface area contributed by atoms with Gasteiger partial charge < -0.3 is 4.90 Å². The van der Waals surface area contributed by atoms with E-state index in [4.69, 9.17) is 4.98 Å². The van der Waals surface area contributed by atoms with E-state index in [1.807, 2.05) is 24.4 Å². The Kier molecular flexibility index (Phi) is 4.08. The first-order valence-electron chi connectivity index (χ1n) is 9.09. The van der Waals surface area contributed by atoms with Gasteiger partial charge in [-0.15, -0.1) is 0 Å². The number of nitriles is 1. The third kappa shape index (κ3) is 2.80. The van der Waals surface area contributed by atoms with Gasteiger partial charge in [-0.1, -0.05) is 38.5 Å². The molecule has 0 unspecified atom stereocenters. The second-order valence-corrected chi connectivity index (χ2v) is 7.31. The standard InChI is InChI=1S/C20H22N6/c1-3-20(2)8-10-26(11-9-20)16-13-22-18-17(24-25-19(18)23-16)15-7-5-4-6-14(15)12-21/h4-7,13H,3,8-11H2,1-2H3,(H,23,24,25). The first-order chi connectivity index (χ1) is 12.6. The summed E-state index contributed by atoms with van der Waals surface area (Å²) in [5, 5.41) is 16.7. The largest absolute Gasteiger partial charge is 0.355 e. The molecule has 132 valence electrons. The first kappa shape index (κ1) is 16.5. The molecule has 2 aromatic heterocycles. The molecule has 0 saturated carbocycles. The van der Waals surface area contributed by atoms with Crippen molar-refractivity contribution < 1.29 is 0 Å². The van der Waals surface area contributed by atoms with Gasteiger partial charge in [-0.05, 0) is 24.3 Å². The molecule has 3 aromatic rings. The third-order valence-corrected chi connectivity index (χ3v) is 5.72. The fraction of sp³-hybridized carbons (Fsp3) is 0.400. The van der Waals surface area contributed by atoms with Gasteiger partial charge >= 0.3 is 0 Å². The van der Waals surface area contributed by atoms with Gasteiger partial charge in [0.25, 0.3) is 0 Å². The minimum absolute atomic E-state index is 0.439. The van der Waals surface area contributed by atoms with Crippen LogP contribution in [0.3, 0.4) is 0 Å². The number of benzene rings is 1.